The van der Waals surface area contributed by atoms with Crippen LogP contribution in [-0.4, -0.2) is 11.9 Å². The van der Waals surface area contributed by atoms with E-state index in [0.29, 0.717) is 17.9 Å². The van der Waals surface area contributed by atoms with E-state index in [-0.39, 0.29) is 23.9 Å². The van der Waals surface area contributed by atoms with Crippen molar-refractivity contribution in [2.45, 2.75) is 32.4 Å². The van der Waals surface area contributed by atoms with Crippen LogP contribution in [0.4, 0.5) is 14.5 Å². The fraction of sp³-hybridized carbons (Fsp3) is 0.278. The summed E-state index contributed by atoms with van der Waals surface area (Å²) < 4.78 is 32.6. The van der Waals surface area contributed by atoms with Crippen molar-refractivity contribution in [2.24, 2.45) is 0 Å². The molecule has 0 radical (unpaired) electrons. The molecule has 0 aromatic heterocycles. The topological polar surface area (TPSA) is 29.5 Å². The molecule has 1 heterocycles. The molecule has 2 aromatic rings. The van der Waals surface area contributed by atoms with Crippen LogP contribution in [0.3, 0.4) is 0 Å². The highest BCUT2D eigenvalue weighted by molar-refractivity contribution is 5.93. The number of anilines is 1. The van der Waals surface area contributed by atoms with Gasteiger partial charge in [-0.3, -0.25) is 4.79 Å². The highest BCUT2D eigenvalue weighted by Crippen LogP contribution is 2.40. The molecule has 1 amide bonds. The van der Waals surface area contributed by atoms with Gasteiger partial charge in [0.1, 0.15) is 23.5 Å². The molecule has 0 saturated heterocycles. The van der Waals surface area contributed by atoms with Crippen LogP contribution in [0, 0.1) is 11.6 Å². The van der Waals surface area contributed by atoms with Crippen molar-refractivity contribution in [3.63, 3.8) is 0 Å². The van der Waals surface area contributed by atoms with Crippen LogP contribution >= 0.6 is 0 Å². The van der Waals surface area contributed by atoms with Crippen molar-refractivity contribution in [1.29, 1.82) is 0 Å². The fourth-order valence-electron chi connectivity index (χ4n) is 3.05. The van der Waals surface area contributed by atoms with Gasteiger partial charge in [0, 0.05) is 24.9 Å². The highest BCUT2D eigenvalue weighted by atomic mass is 19.1. The Bertz CT molecular complexity index is 730. The molecule has 0 fully saturated rings. The predicted molar refractivity (Wildman–Crippen MR) is 83.4 cm³/mol. The summed E-state index contributed by atoms with van der Waals surface area (Å²) in [6, 6.07) is 10.0. The molecule has 120 valence electrons. The third kappa shape index (κ3) is 3.04. The second-order valence-corrected chi connectivity index (χ2v) is 5.74. The van der Waals surface area contributed by atoms with E-state index in [1.807, 2.05) is 6.92 Å². The van der Waals surface area contributed by atoms with Crippen LogP contribution < -0.4 is 9.64 Å². The lowest BCUT2D eigenvalue weighted by molar-refractivity contribution is -0.117. The Morgan fingerprint density at radius 2 is 1.78 bits per heavy atom. The standard InChI is InChI=1S/C18H17F2NO2/c1-11-9-18(23-15-6-3-13(19)4-7-15)16-8-5-14(20)10-17(16)21(11)12(2)22/h3-8,10-11,18H,9H2,1-2H3/t11-,18+/m0/s1. The summed E-state index contributed by atoms with van der Waals surface area (Å²) in [4.78, 5) is 13.5. The molecule has 0 unspecified atom stereocenters. The van der Waals surface area contributed by atoms with E-state index < -0.39 is 5.82 Å². The number of amides is 1. The maximum absolute atomic E-state index is 13.6. The summed E-state index contributed by atoms with van der Waals surface area (Å²) in [6.45, 7) is 3.36. The fourth-order valence-corrected chi connectivity index (χ4v) is 3.05. The first-order valence-corrected chi connectivity index (χ1v) is 7.47. The molecule has 2 aromatic carbocycles. The predicted octanol–water partition coefficient (Wildman–Crippen LogP) is 4.23. The SMILES string of the molecule is CC(=O)N1c2cc(F)ccc2[C@H](Oc2ccc(F)cc2)C[C@@H]1C. The summed E-state index contributed by atoms with van der Waals surface area (Å²) in [5.74, 6) is -0.330. The van der Waals surface area contributed by atoms with E-state index in [1.54, 1.807) is 23.1 Å². The van der Waals surface area contributed by atoms with E-state index in [0.717, 1.165) is 5.56 Å². The van der Waals surface area contributed by atoms with Gasteiger partial charge in [-0.05, 0) is 43.3 Å². The van der Waals surface area contributed by atoms with Crippen molar-refractivity contribution in [3.05, 3.63) is 59.7 Å². The summed E-state index contributed by atoms with van der Waals surface area (Å²) in [5, 5.41) is 0. The van der Waals surface area contributed by atoms with Gasteiger partial charge < -0.3 is 9.64 Å². The molecular weight excluding hydrogens is 300 g/mol. The van der Waals surface area contributed by atoms with Gasteiger partial charge in [-0.2, -0.15) is 0 Å². The minimum atomic E-state index is -0.398. The first-order chi connectivity index (χ1) is 11.0. The van der Waals surface area contributed by atoms with Gasteiger partial charge in [-0.15, -0.1) is 0 Å². The van der Waals surface area contributed by atoms with Gasteiger partial charge in [0.25, 0.3) is 0 Å². The monoisotopic (exact) mass is 317 g/mol. The Hall–Kier alpha value is -2.43. The van der Waals surface area contributed by atoms with Gasteiger partial charge in [0.05, 0.1) is 5.69 Å². The second-order valence-electron chi connectivity index (χ2n) is 5.74. The molecular formula is C18H17F2NO2. The molecule has 0 saturated carbocycles. The van der Waals surface area contributed by atoms with Crippen LogP contribution in [0.2, 0.25) is 0 Å². The molecule has 0 bridgehead atoms. The van der Waals surface area contributed by atoms with E-state index in [4.69, 9.17) is 4.74 Å². The average Bonchev–Trinajstić information content (AvgIpc) is 2.48. The molecule has 0 spiro atoms. The number of fused-ring (bicyclic) bond motifs is 1. The Morgan fingerprint density at radius 1 is 1.13 bits per heavy atom. The molecule has 1 aliphatic heterocycles. The smallest absolute Gasteiger partial charge is 0.224 e. The van der Waals surface area contributed by atoms with Crippen LogP contribution in [-0.2, 0) is 4.79 Å². The molecule has 0 N–H and O–H groups in total. The minimum Gasteiger partial charge on any atom is -0.486 e. The van der Waals surface area contributed by atoms with Gasteiger partial charge in [0.2, 0.25) is 5.91 Å². The van der Waals surface area contributed by atoms with Crippen LogP contribution in [0.25, 0.3) is 0 Å². The van der Waals surface area contributed by atoms with E-state index in [1.165, 1.54) is 31.2 Å². The number of carbonyl (C=O) groups is 1. The Balaban J connectivity index is 1.98. The summed E-state index contributed by atoms with van der Waals surface area (Å²) in [7, 11) is 0. The lowest BCUT2D eigenvalue weighted by Gasteiger charge is -2.38. The Kier molecular flexibility index (Phi) is 4.03. The molecule has 3 rings (SSSR count). The van der Waals surface area contributed by atoms with Crippen molar-refractivity contribution in [3.8, 4) is 5.75 Å². The largest absolute Gasteiger partial charge is 0.486 e. The maximum atomic E-state index is 13.6. The number of rotatable bonds is 2. The molecule has 2 atom stereocenters. The summed E-state index contributed by atoms with van der Waals surface area (Å²) >= 11 is 0. The number of ether oxygens (including phenoxy) is 1. The van der Waals surface area contributed by atoms with Gasteiger partial charge in [-0.1, -0.05) is 6.07 Å². The van der Waals surface area contributed by atoms with Crippen LogP contribution in [0.15, 0.2) is 42.5 Å². The normalized spacial score (nSPS) is 20.1. The van der Waals surface area contributed by atoms with E-state index in [9.17, 15) is 13.6 Å². The zero-order valence-corrected chi connectivity index (χ0v) is 12.9. The number of hydrogen-bond donors (Lipinski definition) is 0. The molecule has 1 aliphatic rings. The average molecular weight is 317 g/mol. The van der Waals surface area contributed by atoms with Gasteiger partial charge in [-0.25, -0.2) is 8.78 Å². The van der Waals surface area contributed by atoms with Crippen molar-refractivity contribution in [2.75, 3.05) is 4.90 Å². The first kappa shape index (κ1) is 15.5. The number of nitrogens with zero attached hydrogens (tertiary/aromatic N) is 1. The minimum absolute atomic E-state index is 0.118. The van der Waals surface area contributed by atoms with E-state index >= 15 is 0 Å². The highest BCUT2D eigenvalue weighted by Gasteiger charge is 2.33. The lowest BCUT2D eigenvalue weighted by atomic mass is 9.93. The second kappa shape index (κ2) is 5.99. The molecule has 5 heteroatoms. The van der Waals surface area contributed by atoms with Crippen molar-refractivity contribution in [1.82, 2.24) is 0 Å². The number of carbonyl (C=O) groups excluding carboxylic acids is 1. The maximum Gasteiger partial charge on any atom is 0.224 e. The number of halogens is 2. The summed E-state index contributed by atoms with van der Waals surface area (Å²) in [5.41, 5.74) is 1.28. The number of benzene rings is 2. The third-order valence-corrected chi connectivity index (χ3v) is 4.03. The molecule has 0 aliphatic carbocycles. The van der Waals surface area contributed by atoms with Gasteiger partial charge in [0.15, 0.2) is 0 Å². The first-order valence-electron chi connectivity index (χ1n) is 7.47. The Morgan fingerprint density at radius 3 is 2.43 bits per heavy atom. The Labute approximate surface area is 133 Å². The van der Waals surface area contributed by atoms with Crippen LogP contribution in [0.5, 0.6) is 5.75 Å². The number of hydrogen-bond acceptors (Lipinski definition) is 2. The van der Waals surface area contributed by atoms with Crippen LogP contribution in [0.1, 0.15) is 31.9 Å². The van der Waals surface area contributed by atoms with E-state index in [2.05, 4.69) is 0 Å². The molecule has 3 nitrogen and oxygen atoms in total. The zero-order valence-electron chi connectivity index (χ0n) is 12.9. The zero-order chi connectivity index (χ0) is 16.6. The summed E-state index contributed by atoms with van der Waals surface area (Å²) in [6.07, 6.45) is 0.261. The third-order valence-electron chi connectivity index (χ3n) is 4.03. The lowest BCUT2D eigenvalue weighted by Crippen LogP contribution is -2.43. The van der Waals surface area contributed by atoms with Crippen molar-refractivity contribution >= 4 is 11.6 Å². The van der Waals surface area contributed by atoms with Gasteiger partial charge >= 0.3 is 0 Å². The van der Waals surface area contributed by atoms with Crippen molar-refractivity contribution < 1.29 is 18.3 Å². The quantitative estimate of drug-likeness (QED) is 0.829. The molecule has 23 heavy (non-hydrogen) atoms.